The summed E-state index contributed by atoms with van der Waals surface area (Å²) in [7, 11) is 3.10. The summed E-state index contributed by atoms with van der Waals surface area (Å²) in [5.41, 5.74) is 1.24. The molecular formula is C23H20Cl2FN5O5. The van der Waals surface area contributed by atoms with Gasteiger partial charge in [0.1, 0.15) is 12.4 Å². The lowest BCUT2D eigenvalue weighted by Gasteiger charge is -2.11. The second kappa shape index (κ2) is 11.3. The molecular weight excluding hydrogens is 516 g/mol. The van der Waals surface area contributed by atoms with Crippen LogP contribution in [0.5, 0.6) is 23.1 Å². The number of hydrogen-bond donors (Lipinski definition) is 1. The van der Waals surface area contributed by atoms with Gasteiger partial charge in [-0.3, -0.25) is 4.79 Å². The fraction of sp³-hybridized carbons (Fsp3) is 0.217. The van der Waals surface area contributed by atoms with Crippen molar-refractivity contribution < 1.29 is 28.1 Å². The molecule has 2 aromatic heterocycles. The summed E-state index contributed by atoms with van der Waals surface area (Å²) in [6.07, 6.45) is 0. The molecule has 0 bridgehead atoms. The number of aromatic nitrogens is 4. The number of amides is 1. The molecule has 0 spiro atoms. The van der Waals surface area contributed by atoms with Crippen molar-refractivity contribution in [3.63, 3.8) is 0 Å². The van der Waals surface area contributed by atoms with E-state index >= 15 is 0 Å². The van der Waals surface area contributed by atoms with E-state index in [1.54, 1.807) is 43.0 Å². The van der Waals surface area contributed by atoms with Crippen LogP contribution >= 0.6 is 23.2 Å². The van der Waals surface area contributed by atoms with E-state index in [1.165, 1.54) is 0 Å². The van der Waals surface area contributed by atoms with Crippen molar-refractivity contribution in [2.24, 2.45) is 0 Å². The first-order valence-corrected chi connectivity index (χ1v) is 11.3. The van der Waals surface area contributed by atoms with Gasteiger partial charge in [0.15, 0.2) is 35.3 Å². The van der Waals surface area contributed by atoms with Crippen LogP contribution in [0.1, 0.15) is 0 Å². The van der Waals surface area contributed by atoms with E-state index in [0.717, 1.165) is 17.7 Å². The van der Waals surface area contributed by atoms with E-state index in [2.05, 4.69) is 20.6 Å². The van der Waals surface area contributed by atoms with E-state index in [1.807, 2.05) is 6.07 Å². The smallest absolute Gasteiger partial charge is 0.258 e. The minimum absolute atomic E-state index is 0.0287. The average Bonchev–Trinajstić information content (AvgIpc) is 3.29. The summed E-state index contributed by atoms with van der Waals surface area (Å²) in [5.74, 6) is 0.912. The molecule has 4 rings (SSSR count). The zero-order chi connectivity index (χ0) is 25.7. The van der Waals surface area contributed by atoms with E-state index in [4.69, 9.17) is 42.1 Å². The highest BCUT2D eigenvalue weighted by Crippen LogP contribution is 2.34. The Morgan fingerprint density at radius 3 is 2.47 bits per heavy atom. The third kappa shape index (κ3) is 5.69. The van der Waals surface area contributed by atoms with Crippen molar-refractivity contribution in [3.05, 3.63) is 58.3 Å². The molecule has 13 heteroatoms. The van der Waals surface area contributed by atoms with Gasteiger partial charge in [-0.05, 0) is 36.4 Å². The maximum absolute atomic E-state index is 13.2. The maximum atomic E-state index is 13.2. The fourth-order valence-electron chi connectivity index (χ4n) is 3.21. The zero-order valence-electron chi connectivity index (χ0n) is 19.1. The number of ether oxygens (including phenoxy) is 4. The van der Waals surface area contributed by atoms with Crippen LogP contribution < -0.4 is 24.3 Å². The Balaban J connectivity index is 1.34. The summed E-state index contributed by atoms with van der Waals surface area (Å²) in [6, 6.07) is 10.8. The minimum Gasteiger partial charge on any atom is -0.493 e. The van der Waals surface area contributed by atoms with Gasteiger partial charge in [0.25, 0.3) is 5.91 Å². The summed E-state index contributed by atoms with van der Waals surface area (Å²) < 4.78 is 36.4. The summed E-state index contributed by atoms with van der Waals surface area (Å²) in [6.45, 7) is -0.0433. The van der Waals surface area contributed by atoms with Crippen LogP contribution in [0.3, 0.4) is 0 Å². The number of carbonyl (C=O) groups excluding carboxylic acids is 1. The Bertz CT molecular complexity index is 1380. The van der Waals surface area contributed by atoms with Crippen LogP contribution in [0.25, 0.3) is 17.0 Å². The summed E-state index contributed by atoms with van der Waals surface area (Å²) in [5, 5.41) is 15.3. The molecule has 0 radical (unpaired) electrons. The predicted molar refractivity (Wildman–Crippen MR) is 130 cm³/mol. The van der Waals surface area contributed by atoms with Crippen molar-refractivity contribution in [2.75, 3.05) is 34.0 Å². The monoisotopic (exact) mass is 535 g/mol. The molecule has 0 atom stereocenters. The van der Waals surface area contributed by atoms with Crippen LogP contribution in [0, 0.1) is 5.82 Å². The Morgan fingerprint density at radius 2 is 1.75 bits per heavy atom. The minimum atomic E-state index is -0.604. The van der Waals surface area contributed by atoms with E-state index in [9.17, 15) is 9.18 Å². The normalized spacial score (nSPS) is 10.8. The quantitative estimate of drug-likeness (QED) is 0.305. The molecule has 0 saturated heterocycles. The van der Waals surface area contributed by atoms with Crippen LogP contribution in [0.15, 0.2) is 42.5 Å². The van der Waals surface area contributed by atoms with E-state index in [-0.39, 0.29) is 35.6 Å². The first-order valence-electron chi connectivity index (χ1n) is 10.5. The van der Waals surface area contributed by atoms with Crippen LogP contribution in [-0.4, -0.2) is 59.7 Å². The van der Waals surface area contributed by atoms with Gasteiger partial charge in [0.2, 0.25) is 5.88 Å². The van der Waals surface area contributed by atoms with Gasteiger partial charge >= 0.3 is 0 Å². The lowest BCUT2D eigenvalue weighted by atomic mass is 10.2. The standard InChI is InChI=1S/C23H20Cl2FN5O5/c1-33-17-4-3-13(9-18(17)34-2)23-29-28-19-5-6-21(30-31(19)23)35-8-7-27-20(32)12-36-22-15(24)10-14(26)11-16(22)25/h3-6,9-11H,7-8,12H2,1-2H3,(H,27,32). The topological polar surface area (TPSA) is 109 Å². The summed E-state index contributed by atoms with van der Waals surface area (Å²) >= 11 is 11.8. The second-order valence-electron chi connectivity index (χ2n) is 7.22. The van der Waals surface area contributed by atoms with E-state index < -0.39 is 11.7 Å². The molecule has 0 aliphatic rings. The molecule has 188 valence electrons. The first kappa shape index (κ1) is 25.3. The third-order valence-electron chi connectivity index (χ3n) is 4.86. The first-order chi connectivity index (χ1) is 17.4. The fourth-order valence-corrected chi connectivity index (χ4v) is 3.78. The van der Waals surface area contributed by atoms with Gasteiger partial charge in [-0.2, -0.15) is 4.52 Å². The predicted octanol–water partition coefficient (Wildman–Crippen LogP) is 3.83. The van der Waals surface area contributed by atoms with Crippen LogP contribution in [0.4, 0.5) is 4.39 Å². The maximum Gasteiger partial charge on any atom is 0.258 e. The molecule has 2 heterocycles. The Labute approximate surface area is 214 Å². The molecule has 0 aliphatic heterocycles. The number of benzene rings is 2. The lowest BCUT2D eigenvalue weighted by molar-refractivity contribution is -0.123. The number of nitrogens with one attached hydrogen (secondary N) is 1. The molecule has 0 unspecified atom stereocenters. The third-order valence-corrected chi connectivity index (χ3v) is 5.43. The molecule has 0 saturated carbocycles. The number of hydrogen-bond acceptors (Lipinski definition) is 8. The number of nitrogens with zero attached hydrogens (tertiary/aromatic N) is 4. The van der Waals surface area contributed by atoms with Gasteiger partial charge in [-0.15, -0.1) is 15.3 Å². The second-order valence-corrected chi connectivity index (χ2v) is 8.03. The number of rotatable bonds is 10. The van der Waals surface area contributed by atoms with Gasteiger partial charge < -0.3 is 24.3 Å². The highest BCUT2D eigenvalue weighted by atomic mass is 35.5. The molecule has 10 nitrogen and oxygen atoms in total. The largest absolute Gasteiger partial charge is 0.493 e. The van der Waals surface area contributed by atoms with Crippen molar-refractivity contribution in [1.82, 2.24) is 25.1 Å². The van der Waals surface area contributed by atoms with Crippen molar-refractivity contribution in [2.45, 2.75) is 0 Å². The van der Waals surface area contributed by atoms with Gasteiger partial charge in [0.05, 0.1) is 30.8 Å². The SMILES string of the molecule is COc1ccc(-c2nnc3ccc(OCCNC(=O)COc4c(Cl)cc(F)cc4Cl)nn23)cc1OC. The van der Waals surface area contributed by atoms with Gasteiger partial charge in [0, 0.05) is 11.6 Å². The average molecular weight is 536 g/mol. The molecule has 1 N–H and O–H groups in total. The van der Waals surface area contributed by atoms with Gasteiger partial charge in [-0.25, -0.2) is 4.39 Å². The van der Waals surface area contributed by atoms with Crippen molar-refractivity contribution >= 4 is 34.8 Å². The number of halogens is 3. The summed E-state index contributed by atoms with van der Waals surface area (Å²) in [4.78, 5) is 12.0. The highest BCUT2D eigenvalue weighted by Gasteiger charge is 2.14. The van der Waals surface area contributed by atoms with Gasteiger partial charge in [-0.1, -0.05) is 23.2 Å². The highest BCUT2D eigenvalue weighted by molar-refractivity contribution is 6.37. The zero-order valence-corrected chi connectivity index (χ0v) is 20.6. The van der Waals surface area contributed by atoms with Crippen molar-refractivity contribution in [1.29, 1.82) is 0 Å². The lowest BCUT2D eigenvalue weighted by Crippen LogP contribution is -2.32. The van der Waals surface area contributed by atoms with Crippen LogP contribution in [0.2, 0.25) is 10.0 Å². The Hall–Kier alpha value is -3.83. The van der Waals surface area contributed by atoms with Crippen LogP contribution in [-0.2, 0) is 4.79 Å². The Morgan fingerprint density at radius 1 is 1.00 bits per heavy atom. The van der Waals surface area contributed by atoms with E-state index in [0.29, 0.717) is 28.9 Å². The number of methoxy groups -OCH3 is 2. The molecule has 0 fully saturated rings. The molecule has 1 amide bonds. The van der Waals surface area contributed by atoms with Crippen molar-refractivity contribution in [3.8, 4) is 34.5 Å². The molecule has 36 heavy (non-hydrogen) atoms. The number of fused-ring (bicyclic) bond motifs is 1. The Kier molecular flexibility index (Phi) is 7.91. The number of carbonyl (C=O) groups is 1. The molecule has 4 aromatic rings. The molecule has 2 aromatic carbocycles. The molecule has 0 aliphatic carbocycles.